The highest BCUT2D eigenvalue weighted by Gasteiger charge is 2.28. The topological polar surface area (TPSA) is 3.24 Å². The summed E-state index contributed by atoms with van der Waals surface area (Å²) in [5, 5.41) is 0. The first kappa shape index (κ1) is 13.6. The summed E-state index contributed by atoms with van der Waals surface area (Å²) in [5.41, 5.74) is 0.585. The molecule has 1 fully saturated rings. The summed E-state index contributed by atoms with van der Waals surface area (Å²) >= 11 is 5.60. The van der Waals surface area contributed by atoms with Gasteiger partial charge < -0.3 is 4.90 Å². The quantitative estimate of drug-likeness (QED) is 0.747. The van der Waals surface area contributed by atoms with E-state index in [0.29, 0.717) is 17.4 Å². The minimum absolute atomic E-state index is 0.104. The zero-order chi connectivity index (χ0) is 13.3. The van der Waals surface area contributed by atoms with Crippen LogP contribution in [0.4, 0.5) is 14.5 Å². The molecule has 1 atom stereocenters. The average Bonchev–Trinajstić information content (AvgIpc) is 2.77. The maximum absolute atomic E-state index is 13.9. The zero-order valence-corrected chi connectivity index (χ0v) is 11.5. The predicted octanol–water partition coefficient (Wildman–Crippen LogP) is 4.19. The van der Waals surface area contributed by atoms with Gasteiger partial charge in [0.15, 0.2) is 0 Å². The molecule has 1 aromatic carbocycles. The summed E-state index contributed by atoms with van der Waals surface area (Å²) in [7, 11) is 0. The number of halogens is 3. The van der Waals surface area contributed by atoms with E-state index < -0.39 is 11.6 Å². The smallest absolute Gasteiger partial charge is 0.149 e. The monoisotopic (exact) mass is 273 g/mol. The standard InChI is InChI=1S/C14H18ClF2N/c1-9(2)11-3-4-18(8-11)14-12(16)5-10(7-15)6-13(14)17/h5-6,9,11H,3-4,7-8H2,1-2H3. The van der Waals surface area contributed by atoms with E-state index in [2.05, 4.69) is 13.8 Å². The van der Waals surface area contributed by atoms with Crippen LogP contribution < -0.4 is 4.90 Å². The predicted molar refractivity (Wildman–Crippen MR) is 71.1 cm³/mol. The van der Waals surface area contributed by atoms with Gasteiger partial charge in [0.1, 0.15) is 17.3 Å². The molecular weight excluding hydrogens is 256 g/mol. The molecule has 0 N–H and O–H groups in total. The van der Waals surface area contributed by atoms with Crippen LogP contribution in [0.15, 0.2) is 12.1 Å². The molecular formula is C14H18ClF2N. The van der Waals surface area contributed by atoms with Crippen LogP contribution in [0.25, 0.3) is 0 Å². The van der Waals surface area contributed by atoms with E-state index >= 15 is 0 Å². The lowest BCUT2D eigenvalue weighted by molar-refractivity contribution is 0.422. The lowest BCUT2D eigenvalue weighted by atomic mass is 9.95. The molecule has 1 unspecified atom stereocenters. The summed E-state index contributed by atoms with van der Waals surface area (Å²) < 4.78 is 27.9. The Morgan fingerprint density at radius 1 is 1.33 bits per heavy atom. The number of benzene rings is 1. The summed E-state index contributed by atoms with van der Waals surface area (Å²) in [5.74, 6) is 0.174. The van der Waals surface area contributed by atoms with Crippen LogP contribution in [0.3, 0.4) is 0 Å². The van der Waals surface area contributed by atoms with Crippen molar-refractivity contribution in [2.24, 2.45) is 11.8 Å². The largest absolute Gasteiger partial charge is 0.366 e. The van der Waals surface area contributed by atoms with Gasteiger partial charge in [0.05, 0.1) is 0 Å². The molecule has 0 aromatic heterocycles. The lowest BCUT2D eigenvalue weighted by Crippen LogP contribution is -2.23. The van der Waals surface area contributed by atoms with Crippen molar-refractivity contribution < 1.29 is 8.78 Å². The van der Waals surface area contributed by atoms with Crippen molar-refractivity contribution in [3.05, 3.63) is 29.3 Å². The van der Waals surface area contributed by atoms with Crippen LogP contribution >= 0.6 is 11.6 Å². The molecule has 0 bridgehead atoms. The van der Waals surface area contributed by atoms with Gasteiger partial charge >= 0.3 is 0 Å². The van der Waals surface area contributed by atoms with Crippen molar-refractivity contribution in [3.63, 3.8) is 0 Å². The zero-order valence-electron chi connectivity index (χ0n) is 10.7. The van der Waals surface area contributed by atoms with E-state index in [1.165, 1.54) is 12.1 Å². The third kappa shape index (κ3) is 2.61. The molecule has 1 heterocycles. The Morgan fingerprint density at radius 2 is 1.94 bits per heavy atom. The second kappa shape index (κ2) is 5.43. The minimum Gasteiger partial charge on any atom is -0.366 e. The van der Waals surface area contributed by atoms with Crippen molar-refractivity contribution in [3.8, 4) is 0 Å². The number of anilines is 1. The second-order valence-electron chi connectivity index (χ2n) is 5.28. The molecule has 0 saturated carbocycles. The SMILES string of the molecule is CC(C)C1CCN(c2c(F)cc(CCl)cc2F)C1. The molecule has 0 spiro atoms. The van der Waals surface area contributed by atoms with Crippen LogP contribution in [-0.4, -0.2) is 13.1 Å². The normalized spacial score (nSPS) is 19.9. The van der Waals surface area contributed by atoms with Crippen molar-refractivity contribution in [1.29, 1.82) is 0 Å². The first-order valence-corrected chi connectivity index (χ1v) is 6.85. The van der Waals surface area contributed by atoms with Crippen molar-refractivity contribution in [1.82, 2.24) is 0 Å². The Hall–Kier alpha value is -0.830. The second-order valence-corrected chi connectivity index (χ2v) is 5.55. The van der Waals surface area contributed by atoms with Gasteiger partial charge in [-0.15, -0.1) is 11.6 Å². The van der Waals surface area contributed by atoms with Crippen LogP contribution in [0.2, 0.25) is 0 Å². The summed E-state index contributed by atoms with van der Waals surface area (Å²) in [6, 6.07) is 2.65. The van der Waals surface area contributed by atoms with E-state index in [0.717, 1.165) is 19.5 Å². The molecule has 1 aromatic rings. The first-order chi connectivity index (χ1) is 8.52. The highest BCUT2D eigenvalue weighted by molar-refractivity contribution is 6.17. The van der Waals surface area contributed by atoms with Gasteiger partial charge in [0.25, 0.3) is 0 Å². The van der Waals surface area contributed by atoms with Gasteiger partial charge in [0, 0.05) is 19.0 Å². The molecule has 1 aliphatic heterocycles. The Balaban J connectivity index is 2.24. The molecule has 18 heavy (non-hydrogen) atoms. The fourth-order valence-corrected chi connectivity index (χ4v) is 2.69. The lowest BCUT2D eigenvalue weighted by Gasteiger charge is -2.21. The number of rotatable bonds is 3. The molecule has 1 aliphatic rings. The van der Waals surface area contributed by atoms with Crippen LogP contribution in [-0.2, 0) is 5.88 Å². The van der Waals surface area contributed by atoms with Gasteiger partial charge in [0.2, 0.25) is 0 Å². The van der Waals surface area contributed by atoms with E-state index in [4.69, 9.17) is 11.6 Å². The van der Waals surface area contributed by atoms with Crippen LogP contribution in [0.1, 0.15) is 25.8 Å². The van der Waals surface area contributed by atoms with Gasteiger partial charge in [-0.05, 0) is 36.0 Å². The average molecular weight is 274 g/mol. The van der Waals surface area contributed by atoms with Gasteiger partial charge in [-0.1, -0.05) is 13.8 Å². The minimum atomic E-state index is -0.505. The summed E-state index contributed by atoms with van der Waals surface area (Å²) in [6.45, 7) is 5.75. The third-order valence-corrected chi connectivity index (χ3v) is 4.02. The Morgan fingerprint density at radius 3 is 2.39 bits per heavy atom. The Kier molecular flexibility index (Phi) is 4.10. The van der Waals surface area contributed by atoms with Crippen molar-refractivity contribution in [2.75, 3.05) is 18.0 Å². The van der Waals surface area contributed by atoms with E-state index in [1.54, 1.807) is 0 Å². The molecule has 0 amide bonds. The van der Waals surface area contributed by atoms with Crippen LogP contribution in [0, 0.1) is 23.5 Å². The van der Waals surface area contributed by atoms with Gasteiger partial charge in [-0.2, -0.15) is 0 Å². The molecule has 0 radical (unpaired) electrons. The maximum atomic E-state index is 13.9. The maximum Gasteiger partial charge on any atom is 0.149 e. The summed E-state index contributed by atoms with van der Waals surface area (Å²) in [6.07, 6.45) is 0.994. The first-order valence-electron chi connectivity index (χ1n) is 6.31. The Labute approximate surface area is 112 Å². The fourth-order valence-electron chi connectivity index (χ4n) is 2.53. The van der Waals surface area contributed by atoms with E-state index in [1.807, 2.05) is 4.90 Å². The number of hydrogen-bond donors (Lipinski definition) is 0. The molecule has 4 heteroatoms. The molecule has 2 rings (SSSR count). The Bertz CT molecular complexity index is 411. The van der Waals surface area contributed by atoms with E-state index in [-0.39, 0.29) is 11.6 Å². The van der Waals surface area contributed by atoms with Crippen LogP contribution in [0.5, 0.6) is 0 Å². The molecule has 0 aliphatic carbocycles. The molecule has 100 valence electrons. The third-order valence-electron chi connectivity index (χ3n) is 3.71. The molecule has 1 nitrogen and oxygen atoms in total. The van der Waals surface area contributed by atoms with Crippen molar-refractivity contribution >= 4 is 17.3 Å². The van der Waals surface area contributed by atoms with Crippen molar-refractivity contribution in [2.45, 2.75) is 26.1 Å². The molecule has 1 saturated heterocycles. The number of hydrogen-bond acceptors (Lipinski definition) is 1. The fraction of sp³-hybridized carbons (Fsp3) is 0.571. The summed E-state index contributed by atoms with van der Waals surface area (Å²) in [4.78, 5) is 1.81. The van der Waals surface area contributed by atoms with E-state index in [9.17, 15) is 8.78 Å². The highest BCUT2D eigenvalue weighted by atomic mass is 35.5. The number of nitrogens with zero attached hydrogens (tertiary/aromatic N) is 1. The van der Waals surface area contributed by atoms with Gasteiger partial charge in [-0.3, -0.25) is 0 Å². The number of alkyl halides is 1. The van der Waals surface area contributed by atoms with Gasteiger partial charge in [-0.25, -0.2) is 8.78 Å². The highest BCUT2D eigenvalue weighted by Crippen LogP contribution is 2.32.